The van der Waals surface area contributed by atoms with E-state index in [0.29, 0.717) is 22.6 Å². The Bertz CT molecular complexity index is 1320. The van der Waals surface area contributed by atoms with Gasteiger partial charge in [0.25, 0.3) is 5.91 Å². The number of anilines is 1. The van der Waals surface area contributed by atoms with E-state index in [0.717, 1.165) is 0 Å². The SMILES string of the molecule is CCOC(=O)c1cc(-c2cccc(NC(=O)c3cccnc3Cl)c2)n(-c2ccc(F)cc2)n1. The van der Waals surface area contributed by atoms with Gasteiger partial charge in [0.05, 0.1) is 23.6 Å². The Kier molecular flexibility index (Phi) is 6.46. The number of pyridine rings is 1. The summed E-state index contributed by atoms with van der Waals surface area (Å²) in [6, 6.07) is 17.5. The number of nitrogens with one attached hydrogen (secondary N) is 1. The van der Waals surface area contributed by atoms with Crippen LogP contribution in [0, 0.1) is 5.82 Å². The zero-order chi connectivity index (χ0) is 23.4. The molecule has 0 fully saturated rings. The fraction of sp³-hybridized carbons (Fsp3) is 0.0833. The number of esters is 1. The first kappa shape index (κ1) is 22.2. The van der Waals surface area contributed by atoms with E-state index in [1.54, 1.807) is 61.5 Å². The van der Waals surface area contributed by atoms with Crippen LogP contribution in [0.3, 0.4) is 0 Å². The fourth-order valence-corrected chi connectivity index (χ4v) is 3.39. The summed E-state index contributed by atoms with van der Waals surface area (Å²) < 4.78 is 20.0. The number of hydrogen-bond acceptors (Lipinski definition) is 5. The number of carbonyl (C=O) groups excluding carboxylic acids is 2. The maximum Gasteiger partial charge on any atom is 0.358 e. The third-order valence-corrected chi connectivity index (χ3v) is 4.99. The molecule has 4 aromatic rings. The molecule has 0 aliphatic heterocycles. The van der Waals surface area contributed by atoms with Crippen molar-refractivity contribution >= 4 is 29.2 Å². The standard InChI is InChI=1S/C24H18ClFN4O3/c1-2-33-24(32)20-14-21(30(29-20)18-10-8-16(26)9-11-18)15-5-3-6-17(13-15)28-23(31)19-7-4-12-27-22(19)25/h3-14H,2H2,1H3,(H,28,31). The highest BCUT2D eigenvalue weighted by Crippen LogP contribution is 2.27. The molecule has 0 saturated carbocycles. The average Bonchev–Trinajstić information content (AvgIpc) is 3.26. The van der Waals surface area contributed by atoms with E-state index in [9.17, 15) is 14.0 Å². The quantitative estimate of drug-likeness (QED) is 0.315. The zero-order valence-corrected chi connectivity index (χ0v) is 18.2. The Hall–Kier alpha value is -4.04. The van der Waals surface area contributed by atoms with Gasteiger partial charge in [0.15, 0.2) is 5.69 Å². The van der Waals surface area contributed by atoms with Crippen LogP contribution in [0.25, 0.3) is 16.9 Å². The van der Waals surface area contributed by atoms with Gasteiger partial charge in [-0.15, -0.1) is 0 Å². The lowest BCUT2D eigenvalue weighted by atomic mass is 10.1. The Morgan fingerprint density at radius 1 is 1.09 bits per heavy atom. The number of amides is 1. The number of nitrogens with zero attached hydrogens (tertiary/aromatic N) is 3. The van der Waals surface area contributed by atoms with Crippen LogP contribution in [-0.4, -0.2) is 33.2 Å². The van der Waals surface area contributed by atoms with Crippen molar-refractivity contribution < 1.29 is 18.7 Å². The second kappa shape index (κ2) is 9.62. The van der Waals surface area contributed by atoms with Crippen LogP contribution in [0.5, 0.6) is 0 Å². The summed E-state index contributed by atoms with van der Waals surface area (Å²) >= 11 is 6.02. The van der Waals surface area contributed by atoms with Crippen molar-refractivity contribution in [1.29, 1.82) is 0 Å². The van der Waals surface area contributed by atoms with Crippen LogP contribution >= 0.6 is 11.6 Å². The second-order valence-electron chi connectivity index (χ2n) is 6.90. The molecule has 2 aromatic carbocycles. The zero-order valence-electron chi connectivity index (χ0n) is 17.5. The minimum atomic E-state index is -0.574. The van der Waals surface area contributed by atoms with Gasteiger partial charge in [0, 0.05) is 17.4 Å². The molecular weight excluding hydrogens is 447 g/mol. The highest BCUT2D eigenvalue weighted by Gasteiger charge is 2.18. The van der Waals surface area contributed by atoms with Gasteiger partial charge >= 0.3 is 5.97 Å². The normalized spacial score (nSPS) is 10.6. The van der Waals surface area contributed by atoms with Crippen molar-refractivity contribution in [2.24, 2.45) is 0 Å². The number of halogens is 2. The maximum absolute atomic E-state index is 13.4. The molecule has 1 amide bonds. The molecular formula is C24H18ClFN4O3. The Balaban J connectivity index is 1.72. The van der Waals surface area contributed by atoms with Crippen LogP contribution in [0.15, 0.2) is 72.9 Å². The van der Waals surface area contributed by atoms with Crippen LogP contribution in [0.4, 0.5) is 10.1 Å². The summed E-state index contributed by atoms with van der Waals surface area (Å²) in [6.45, 7) is 1.91. The molecule has 2 heterocycles. The van der Waals surface area contributed by atoms with Crippen LogP contribution in [-0.2, 0) is 4.74 Å². The highest BCUT2D eigenvalue weighted by molar-refractivity contribution is 6.33. The highest BCUT2D eigenvalue weighted by atomic mass is 35.5. The van der Waals surface area contributed by atoms with Gasteiger partial charge in [-0.25, -0.2) is 18.9 Å². The summed E-state index contributed by atoms with van der Waals surface area (Å²) in [5.41, 5.74) is 2.62. The van der Waals surface area contributed by atoms with E-state index in [-0.39, 0.29) is 23.0 Å². The number of rotatable bonds is 6. The molecule has 166 valence electrons. The van der Waals surface area contributed by atoms with E-state index in [4.69, 9.17) is 16.3 Å². The second-order valence-corrected chi connectivity index (χ2v) is 7.26. The van der Waals surface area contributed by atoms with E-state index in [1.165, 1.54) is 23.0 Å². The van der Waals surface area contributed by atoms with Gasteiger partial charge in [-0.05, 0) is 61.5 Å². The number of aromatic nitrogens is 3. The average molecular weight is 465 g/mol. The molecule has 0 radical (unpaired) electrons. The van der Waals surface area contributed by atoms with Crippen LogP contribution < -0.4 is 5.32 Å². The van der Waals surface area contributed by atoms with Crippen molar-refractivity contribution in [3.05, 3.63) is 95.2 Å². The van der Waals surface area contributed by atoms with Crippen molar-refractivity contribution in [1.82, 2.24) is 14.8 Å². The Morgan fingerprint density at radius 3 is 2.61 bits per heavy atom. The molecule has 0 bridgehead atoms. The maximum atomic E-state index is 13.4. The minimum absolute atomic E-state index is 0.0969. The molecule has 1 N–H and O–H groups in total. The molecule has 0 aliphatic rings. The minimum Gasteiger partial charge on any atom is -0.461 e. The van der Waals surface area contributed by atoms with Gasteiger partial charge in [-0.1, -0.05) is 23.7 Å². The van der Waals surface area contributed by atoms with Crippen molar-refractivity contribution in [3.63, 3.8) is 0 Å². The van der Waals surface area contributed by atoms with Crippen molar-refractivity contribution in [3.8, 4) is 16.9 Å². The van der Waals surface area contributed by atoms with Crippen molar-refractivity contribution in [2.45, 2.75) is 6.92 Å². The van der Waals surface area contributed by atoms with Gasteiger partial charge in [0.1, 0.15) is 11.0 Å². The van der Waals surface area contributed by atoms with Gasteiger partial charge in [-0.3, -0.25) is 4.79 Å². The largest absolute Gasteiger partial charge is 0.461 e. The lowest BCUT2D eigenvalue weighted by molar-refractivity contribution is 0.0519. The number of hydrogen-bond donors (Lipinski definition) is 1. The first-order valence-corrected chi connectivity index (χ1v) is 10.4. The fourth-order valence-electron chi connectivity index (χ4n) is 3.18. The Labute approximate surface area is 193 Å². The molecule has 7 nitrogen and oxygen atoms in total. The molecule has 9 heteroatoms. The number of ether oxygens (including phenoxy) is 1. The molecule has 0 spiro atoms. The first-order valence-electron chi connectivity index (χ1n) is 10.0. The van der Waals surface area contributed by atoms with Crippen LogP contribution in [0.1, 0.15) is 27.8 Å². The third kappa shape index (κ3) is 4.91. The van der Waals surface area contributed by atoms with E-state index >= 15 is 0 Å². The molecule has 2 aromatic heterocycles. The third-order valence-electron chi connectivity index (χ3n) is 4.69. The molecule has 0 unspecified atom stereocenters. The monoisotopic (exact) mass is 464 g/mol. The Morgan fingerprint density at radius 2 is 1.88 bits per heavy atom. The van der Waals surface area contributed by atoms with Crippen molar-refractivity contribution in [2.75, 3.05) is 11.9 Å². The predicted molar refractivity (Wildman–Crippen MR) is 122 cm³/mol. The summed E-state index contributed by atoms with van der Waals surface area (Å²) in [4.78, 5) is 28.8. The van der Waals surface area contributed by atoms with Crippen LogP contribution in [0.2, 0.25) is 5.15 Å². The smallest absolute Gasteiger partial charge is 0.358 e. The lowest BCUT2D eigenvalue weighted by Gasteiger charge is -2.10. The molecule has 0 saturated heterocycles. The van der Waals surface area contributed by atoms with E-state index in [1.807, 2.05) is 0 Å². The van der Waals surface area contributed by atoms with Gasteiger partial charge < -0.3 is 10.1 Å². The summed E-state index contributed by atoms with van der Waals surface area (Å²) in [5.74, 6) is -1.38. The van der Waals surface area contributed by atoms with Gasteiger partial charge in [-0.2, -0.15) is 5.10 Å². The molecule has 0 aliphatic carbocycles. The molecule has 0 atom stereocenters. The lowest BCUT2D eigenvalue weighted by Crippen LogP contribution is -2.13. The summed E-state index contributed by atoms with van der Waals surface area (Å²) in [5, 5.41) is 7.25. The van der Waals surface area contributed by atoms with E-state index < -0.39 is 17.7 Å². The summed E-state index contributed by atoms with van der Waals surface area (Å²) in [6.07, 6.45) is 1.50. The number of carbonyl (C=O) groups is 2. The molecule has 33 heavy (non-hydrogen) atoms. The predicted octanol–water partition coefficient (Wildman–Crippen LogP) is 5.16. The van der Waals surface area contributed by atoms with Gasteiger partial charge in [0.2, 0.25) is 0 Å². The topological polar surface area (TPSA) is 86.1 Å². The molecule has 4 rings (SSSR count). The van der Waals surface area contributed by atoms with E-state index in [2.05, 4.69) is 15.4 Å². The number of benzene rings is 2. The summed E-state index contributed by atoms with van der Waals surface area (Å²) in [7, 11) is 0. The first-order chi connectivity index (χ1) is 16.0.